The Kier molecular flexibility index (Phi) is 9.65. The monoisotopic (exact) mass is 569 g/mol. The number of benzene rings is 2. The predicted molar refractivity (Wildman–Crippen MR) is 153 cm³/mol. The number of halogens is 1. The Hall–Kier alpha value is -3.63. The number of imidazole rings is 1. The van der Waals surface area contributed by atoms with Crippen LogP contribution in [-0.4, -0.2) is 39.5 Å². The Labute approximate surface area is 237 Å². The number of hydrogen-bond donors (Lipinski definition) is 3. The number of imide groups is 1. The summed E-state index contributed by atoms with van der Waals surface area (Å²) in [6.07, 6.45) is 5.79. The second-order valence-electron chi connectivity index (χ2n) is 10.4. The van der Waals surface area contributed by atoms with Gasteiger partial charge in [0.05, 0.1) is 16.1 Å². The molecule has 0 saturated carbocycles. The molecule has 0 spiro atoms. The molecular weight excluding hydrogens is 534 g/mol. The van der Waals surface area contributed by atoms with Crippen LogP contribution in [0.4, 0.5) is 0 Å². The highest BCUT2D eigenvalue weighted by Gasteiger charge is 2.31. The lowest BCUT2D eigenvalue weighted by molar-refractivity contribution is -0.135. The molecule has 5 N–H and O–H groups in total. The van der Waals surface area contributed by atoms with Crippen LogP contribution in [0.1, 0.15) is 62.1 Å². The molecular formula is C29H36ClN5O5. The number of hydrogen-bond acceptors (Lipinski definition) is 6. The van der Waals surface area contributed by atoms with Crippen molar-refractivity contribution >= 4 is 40.4 Å². The van der Waals surface area contributed by atoms with Crippen LogP contribution < -0.4 is 27.2 Å². The van der Waals surface area contributed by atoms with Gasteiger partial charge in [0, 0.05) is 25.9 Å². The first-order valence-corrected chi connectivity index (χ1v) is 14.0. The molecule has 2 atom stereocenters. The Morgan fingerprint density at radius 3 is 2.65 bits per heavy atom. The van der Waals surface area contributed by atoms with Gasteiger partial charge in [-0.2, -0.15) is 0 Å². The van der Waals surface area contributed by atoms with Crippen LogP contribution in [0.2, 0.25) is 5.02 Å². The van der Waals surface area contributed by atoms with E-state index in [9.17, 15) is 19.2 Å². The molecule has 3 amide bonds. The largest absolute Gasteiger partial charge is 0.490 e. The normalized spacial score (nSPS) is 16.2. The lowest BCUT2D eigenvalue weighted by Crippen LogP contribution is -2.44. The van der Waals surface area contributed by atoms with Crippen molar-refractivity contribution in [2.75, 3.05) is 6.61 Å². The van der Waals surface area contributed by atoms with E-state index in [1.165, 1.54) is 4.57 Å². The van der Waals surface area contributed by atoms with Gasteiger partial charge in [-0.15, -0.1) is 0 Å². The van der Waals surface area contributed by atoms with E-state index in [0.717, 1.165) is 48.7 Å². The number of aryl methyl sites for hydroxylation is 3. The van der Waals surface area contributed by atoms with Crippen molar-refractivity contribution in [3.63, 3.8) is 0 Å². The fourth-order valence-electron chi connectivity index (χ4n) is 5.08. The van der Waals surface area contributed by atoms with Crippen molar-refractivity contribution in [3.05, 3.63) is 63.0 Å². The first kappa shape index (κ1) is 29.4. The summed E-state index contributed by atoms with van der Waals surface area (Å²) >= 11 is 6.57. The Morgan fingerprint density at radius 2 is 1.90 bits per heavy atom. The van der Waals surface area contributed by atoms with E-state index >= 15 is 0 Å². The summed E-state index contributed by atoms with van der Waals surface area (Å²) in [5.74, 6) is -0.545. The smallest absolute Gasteiger partial charge is 0.329 e. The van der Waals surface area contributed by atoms with Crippen molar-refractivity contribution in [1.29, 1.82) is 0 Å². The molecule has 0 aliphatic carbocycles. The molecule has 11 heteroatoms. The zero-order chi connectivity index (χ0) is 28.8. The number of piperidine rings is 1. The van der Waals surface area contributed by atoms with Gasteiger partial charge in [0.25, 0.3) is 0 Å². The zero-order valence-corrected chi connectivity index (χ0v) is 23.4. The predicted octanol–water partition coefficient (Wildman–Crippen LogP) is 2.90. The number of carbonyl (C=O) groups is 3. The summed E-state index contributed by atoms with van der Waals surface area (Å²) in [5, 5.41) is 2.92. The second kappa shape index (κ2) is 13.1. The summed E-state index contributed by atoms with van der Waals surface area (Å²) in [5.41, 5.74) is 14.5. The number of fused-ring (bicyclic) bond motifs is 1. The number of aromatic nitrogens is 2. The summed E-state index contributed by atoms with van der Waals surface area (Å²) in [4.78, 5) is 47.8. The Balaban J connectivity index is 1.30. The molecule has 1 aromatic heterocycles. The van der Waals surface area contributed by atoms with E-state index in [1.807, 2.05) is 36.4 Å². The first-order valence-electron chi connectivity index (χ1n) is 13.6. The van der Waals surface area contributed by atoms with Gasteiger partial charge in [0.1, 0.15) is 18.4 Å². The number of unbranched alkanes of at least 4 members (excludes halogenated alkanes) is 2. The number of ether oxygens (including phenoxy) is 1. The van der Waals surface area contributed by atoms with Crippen LogP contribution >= 0.6 is 11.6 Å². The van der Waals surface area contributed by atoms with E-state index < -0.39 is 11.9 Å². The molecule has 1 saturated heterocycles. The highest BCUT2D eigenvalue weighted by molar-refractivity contribution is 6.32. The lowest BCUT2D eigenvalue weighted by Gasteiger charge is -2.21. The van der Waals surface area contributed by atoms with E-state index in [1.54, 1.807) is 11.6 Å². The number of nitrogens with zero attached hydrogens (tertiary/aromatic N) is 2. The molecule has 10 nitrogen and oxygen atoms in total. The van der Waals surface area contributed by atoms with Crippen LogP contribution in [0, 0.1) is 0 Å². The molecule has 1 aliphatic rings. The number of primary amides is 1. The molecule has 214 valence electrons. The maximum Gasteiger partial charge on any atom is 0.329 e. The van der Waals surface area contributed by atoms with E-state index in [0.29, 0.717) is 29.1 Å². The molecule has 4 rings (SSSR count). The van der Waals surface area contributed by atoms with Gasteiger partial charge in [0.2, 0.25) is 17.7 Å². The van der Waals surface area contributed by atoms with Crippen molar-refractivity contribution in [3.8, 4) is 5.75 Å². The van der Waals surface area contributed by atoms with E-state index in [4.69, 9.17) is 27.8 Å². The molecule has 2 heterocycles. The summed E-state index contributed by atoms with van der Waals surface area (Å²) in [6, 6.07) is 10.6. The van der Waals surface area contributed by atoms with Crippen molar-refractivity contribution in [2.45, 2.75) is 69.9 Å². The highest BCUT2D eigenvalue weighted by atomic mass is 35.5. The van der Waals surface area contributed by atoms with Gasteiger partial charge in [-0.3, -0.25) is 28.8 Å². The first-order chi connectivity index (χ1) is 19.2. The molecule has 40 heavy (non-hydrogen) atoms. The number of nitrogens with two attached hydrogens (primary N) is 2. The maximum atomic E-state index is 13.0. The maximum absolute atomic E-state index is 13.0. The van der Waals surface area contributed by atoms with Gasteiger partial charge in [-0.1, -0.05) is 36.2 Å². The third kappa shape index (κ3) is 6.92. The standard InChI is InChI=1S/C29H36ClN5O5/c1-34-23-16-18(10-12-21(23)35(29(34)39)22-13-15-26(37)33-28(22)38)6-3-2-4-7-19-8-5-9-24(27(19)30)40-17-20(31)11-14-25(32)36/h5,8-10,12,16,20,22H,2-4,6-7,11,13-15,17,31H2,1H3,(H2,32,36)(H,33,37,38)/t20-,22?/m0/s1. The minimum atomic E-state index is -0.686. The quantitative estimate of drug-likeness (QED) is 0.213. The SMILES string of the molecule is Cn1c(=O)n(C2CCC(=O)NC2=O)c2ccc(CCCCCc3cccc(OC[C@@H](N)CCC(N)=O)c3Cl)cc21. The van der Waals surface area contributed by atoms with Crippen molar-refractivity contribution < 1.29 is 19.1 Å². The fraction of sp³-hybridized carbons (Fsp3) is 0.448. The second-order valence-corrected chi connectivity index (χ2v) is 10.7. The number of amides is 3. The zero-order valence-electron chi connectivity index (χ0n) is 22.7. The fourth-order valence-corrected chi connectivity index (χ4v) is 5.36. The lowest BCUT2D eigenvalue weighted by atomic mass is 10.0. The molecule has 2 aromatic carbocycles. The topological polar surface area (TPSA) is 151 Å². The summed E-state index contributed by atoms with van der Waals surface area (Å²) in [7, 11) is 1.70. The van der Waals surface area contributed by atoms with Crippen LogP contribution in [0.5, 0.6) is 5.75 Å². The summed E-state index contributed by atoms with van der Waals surface area (Å²) in [6.45, 7) is 0.253. The van der Waals surface area contributed by atoms with Crippen LogP contribution in [0.3, 0.4) is 0 Å². The Bertz CT molecular complexity index is 1460. The number of rotatable bonds is 13. The molecule has 0 bridgehead atoms. The van der Waals surface area contributed by atoms with Crippen LogP contribution in [-0.2, 0) is 34.3 Å². The molecule has 3 aromatic rings. The molecule has 0 radical (unpaired) electrons. The Morgan fingerprint density at radius 1 is 1.12 bits per heavy atom. The van der Waals surface area contributed by atoms with Gasteiger partial charge in [-0.05, 0) is 67.9 Å². The number of nitrogens with one attached hydrogen (secondary N) is 1. The third-order valence-corrected chi connectivity index (χ3v) is 7.77. The third-order valence-electron chi connectivity index (χ3n) is 7.34. The number of carbonyl (C=O) groups excluding carboxylic acids is 3. The summed E-state index contributed by atoms with van der Waals surface area (Å²) < 4.78 is 8.85. The van der Waals surface area contributed by atoms with Gasteiger partial charge < -0.3 is 16.2 Å². The van der Waals surface area contributed by atoms with Crippen LogP contribution in [0.25, 0.3) is 11.0 Å². The van der Waals surface area contributed by atoms with Crippen LogP contribution in [0.15, 0.2) is 41.2 Å². The van der Waals surface area contributed by atoms with E-state index in [-0.39, 0.29) is 43.0 Å². The molecule has 1 fully saturated rings. The van der Waals surface area contributed by atoms with Gasteiger partial charge in [0.15, 0.2) is 0 Å². The van der Waals surface area contributed by atoms with Crippen molar-refractivity contribution in [1.82, 2.24) is 14.5 Å². The average molecular weight is 570 g/mol. The minimum absolute atomic E-state index is 0.215. The molecule has 1 aliphatic heterocycles. The highest BCUT2D eigenvalue weighted by Crippen LogP contribution is 2.30. The van der Waals surface area contributed by atoms with Crippen molar-refractivity contribution in [2.24, 2.45) is 18.5 Å². The minimum Gasteiger partial charge on any atom is -0.490 e. The van der Waals surface area contributed by atoms with E-state index in [2.05, 4.69) is 5.32 Å². The average Bonchev–Trinajstić information content (AvgIpc) is 3.16. The molecule has 1 unspecified atom stereocenters. The van der Waals surface area contributed by atoms with Gasteiger partial charge >= 0.3 is 5.69 Å². The van der Waals surface area contributed by atoms with Gasteiger partial charge in [-0.25, -0.2) is 4.79 Å².